The molecule has 0 spiro atoms. The summed E-state index contributed by atoms with van der Waals surface area (Å²) in [5.41, 5.74) is 0.366. The molecule has 0 radical (unpaired) electrons. The van der Waals surface area contributed by atoms with E-state index < -0.39 is 21.9 Å². The van der Waals surface area contributed by atoms with Crippen molar-refractivity contribution >= 4 is 33.3 Å². The molecule has 2 N–H and O–H groups in total. The van der Waals surface area contributed by atoms with Gasteiger partial charge in [0.2, 0.25) is 0 Å². The third-order valence-corrected chi connectivity index (χ3v) is 5.35. The zero-order valence-corrected chi connectivity index (χ0v) is 16.0. The molecular formula is C20H15N3O5S. The molecule has 1 amide bonds. The standard InChI is InChI=1S/C20H15N3O5S/c1-12(2)20(25)28-14-9-7-13(8-10-14)22-19(24)16(11-21)18-15-5-3-4-6-17(15)29(26,27)23-18/h3-10,23H,1H2,2H3,(H,22,24). The van der Waals surface area contributed by atoms with Gasteiger partial charge in [0.1, 0.15) is 17.4 Å². The second-order valence-corrected chi connectivity index (χ2v) is 7.76. The van der Waals surface area contributed by atoms with Crippen LogP contribution in [0.25, 0.3) is 5.70 Å². The Kier molecular flexibility index (Phi) is 5.21. The second-order valence-electron chi connectivity index (χ2n) is 6.11. The van der Waals surface area contributed by atoms with Crippen molar-refractivity contribution in [3.63, 3.8) is 0 Å². The second kappa shape index (κ2) is 7.61. The fraction of sp³-hybridized carbons (Fsp3) is 0.0500. The highest BCUT2D eigenvalue weighted by Crippen LogP contribution is 2.32. The summed E-state index contributed by atoms with van der Waals surface area (Å²) in [6, 6.07) is 13.7. The Labute approximate surface area is 167 Å². The van der Waals surface area contributed by atoms with Crippen molar-refractivity contribution in [2.45, 2.75) is 11.8 Å². The lowest BCUT2D eigenvalue weighted by atomic mass is 10.1. The fourth-order valence-electron chi connectivity index (χ4n) is 2.55. The highest BCUT2D eigenvalue weighted by atomic mass is 32.2. The van der Waals surface area contributed by atoms with Crippen molar-refractivity contribution in [2.75, 3.05) is 5.32 Å². The number of fused-ring (bicyclic) bond motifs is 1. The Bertz CT molecular complexity index is 1210. The molecule has 1 aliphatic heterocycles. The van der Waals surface area contributed by atoms with Crippen LogP contribution in [-0.2, 0) is 19.6 Å². The van der Waals surface area contributed by atoms with E-state index >= 15 is 0 Å². The maximum Gasteiger partial charge on any atom is 0.338 e. The van der Waals surface area contributed by atoms with Gasteiger partial charge in [-0.2, -0.15) is 5.26 Å². The van der Waals surface area contributed by atoms with E-state index in [4.69, 9.17) is 4.74 Å². The lowest BCUT2D eigenvalue weighted by Gasteiger charge is -2.08. The highest BCUT2D eigenvalue weighted by molar-refractivity contribution is 7.90. The summed E-state index contributed by atoms with van der Waals surface area (Å²) in [7, 11) is -3.84. The van der Waals surface area contributed by atoms with Gasteiger partial charge in [0, 0.05) is 16.8 Å². The van der Waals surface area contributed by atoms with Crippen LogP contribution in [-0.4, -0.2) is 20.3 Å². The predicted octanol–water partition coefficient (Wildman–Crippen LogP) is 2.33. The Hall–Kier alpha value is -3.90. The van der Waals surface area contributed by atoms with Crippen LogP contribution in [0.5, 0.6) is 5.75 Å². The van der Waals surface area contributed by atoms with Crippen molar-refractivity contribution in [2.24, 2.45) is 0 Å². The largest absolute Gasteiger partial charge is 0.423 e. The number of hydrogen-bond donors (Lipinski definition) is 2. The summed E-state index contributed by atoms with van der Waals surface area (Å²) in [6.07, 6.45) is 0. The van der Waals surface area contributed by atoms with Crippen LogP contribution in [0.4, 0.5) is 5.69 Å². The number of ether oxygens (including phenoxy) is 1. The quantitative estimate of drug-likeness (QED) is 0.346. The molecule has 1 aliphatic rings. The number of rotatable bonds is 4. The topological polar surface area (TPSA) is 125 Å². The molecule has 1 heterocycles. The number of benzene rings is 2. The van der Waals surface area contributed by atoms with E-state index in [-0.39, 0.29) is 33.1 Å². The van der Waals surface area contributed by atoms with Gasteiger partial charge in [-0.1, -0.05) is 24.8 Å². The lowest BCUT2D eigenvalue weighted by Crippen LogP contribution is -2.20. The van der Waals surface area contributed by atoms with Crippen LogP contribution in [0.3, 0.4) is 0 Å². The van der Waals surface area contributed by atoms with E-state index in [0.717, 1.165) is 0 Å². The number of nitrogens with zero attached hydrogens (tertiary/aromatic N) is 1. The molecule has 0 atom stereocenters. The molecule has 0 fully saturated rings. The molecule has 2 aromatic rings. The van der Waals surface area contributed by atoms with E-state index in [0.29, 0.717) is 5.69 Å². The number of carbonyl (C=O) groups is 2. The van der Waals surface area contributed by atoms with Gasteiger partial charge < -0.3 is 10.1 Å². The minimum Gasteiger partial charge on any atom is -0.423 e. The fourth-order valence-corrected chi connectivity index (χ4v) is 3.86. The van der Waals surface area contributed by atoms with Gasteiger partial charge in [-0.25, -0.2) is 13.2 Å². The maximum atomic E-state index is 12.6. The predicted molar refractivity (Wildman–Crippen MR) is 105 cm³/mol. The number of esters is 1. The van der Waals surface area contributed by atoms with Crippen molar-refractivity contribution < 1.29 is 22.7 Å². The third-order valence-electron chi connectivity index (χ3n) is 3.94. The number of anilines is 1. The van der Waals surface area contributed by atoms with Crippen LogP contribution in [0.2, 0.25) is 0 Å². The van der Waals surface area contributed by atoms with E-state index in [2.05, 4.69) is 16.6 Å². The SMILES string of the molecule is C=C(C)C(=O)Oc1ccc(NC(=O)C(C#N)=C2NS(=O)(=O)c3ccccc32)cc1. The smallest absolute Gasteiger partial charge is 0.338 e. The number of amides is 1. The molecule has 0 aromatic heterocycles. The molecule has 8 nitrogen and oxygen atoms in total. The molecule has 2 aromatic carbocycles. The summed E-state index contributed by atoms with van der Waals surface area (Å²) in [4.78, 5) is 24.1. The molecular weight excluding hydrogens is 394 g/mol. The Morgan fingerprint density at radius 2 is 1.79 bits per heavy atom. The summed E-state index contributed by atoms with van der Waals surface area (Å²) < 4.78 is 31.7. The van der Waals surface area contributed by atoms with Gasteiger partial charge in [0.25, 0.3) is 15.9 Å². The lowest BCUT2D eigenvalue weighted by molar-refractivity contribution is -0.130. The first-order chi connectivity index (χ1) is 13.7. The first kappa shape index (κ1) is 19.9. The van der Waals surface area contributed by atoms with Crippen molar-refractivity contribution in [1.82, 2.24) is 4.72 Å². The van der Waals surface area contributed by atoms with Crippen LogP contribution in [0, 0.1) is 11.3 Å². The third kappa shape index (κ3) is 4.02. The first-order valence-electron chi connectivity index (χ1n) is 8.28. The Balaban J connectivity index is 1.85. The van der Waals surface area contributed by atoms with Crippen LogP contribution < -0.4 is 14.8 Å². The molecule has 0 unspecified atom stereocenters. The molecule has 146 valence electrons. The minimum absolute atomic E-state index is 0.000712. The van der Waals surface area contributed by atoms with E-state index in [1.54, 1.807) is 18.2 Å². The zero-order chi connectivity index (χ0) is 21.2. The number of hydrogen-bond acceptors (Lipinski definition) is 6. The normalized spacial score (nSPS) is 15.3. The summed E-state index contributed by atoms with van der Waals surface area (Å²) in [5, 5.41) is 12.0. The Morgan fingerprint density at radius 3 is 2.41 bits per heavy atom. The Morgan fingerprint density at radius 1 is 1.14 bits per heavy atom. The highest BCUT2D eigenvalue weighted by Gasteiger charge is 2.33. The molecule has 0 bridgehead atoms. The van der Waals surface area contributed by atoms with Crippen molar-refractivity contribution in [1.29, 1.82) is 5.26 Å². The van der Waals surface area contributed by atoms with Gasteiger partial charge >= 0.3 is 5.97 Å². The number of nitrogens with one attached hydrogen (secondary N) is 2. The summed E-state index contributed by atoms with van der Waals surface area (Å²) in [6.45, 7) is 5.00. The van der Waals surface area contributed by atoms with E-state index in [1.165, 1.54) is 43.3 Å². The van der Waals surface area contributed by atoms with Gasteiger partial charge in [-0.15, -0.1) is 0 Å². The molecule has 0 aliphatic carbocycles. The van der Waals surface area contributed by atoms with Crippen LogP contribution >= 0.6 is 0 Å². The average molecular weight is 409 g/mol. The van der Waals surface area contributed by atoms with Crippen LogP contribution in [0.15, 0.2) is 71.2 Å². The molecule has 0 saturated heterocycles. The number of nitriles is 1. The summed E-state index contributed by atoms with van der Waals surface area (Å²) >= 11 is 0. The zero-order valence-electron chi connectivity index (χ0n) is 15.2. The van der Waals surface area contributed by atoms with Crippen molar-refractivity contribution in [3.8, 4) is 11.8 Å². The first-order valence-corrected chi connectivity index (χ1v) is 9.77. The summed E-state index contributed by atoms with van der Waals surface area (Å²) in [5.74, 6) is -1.11. The minimum atomic E-state index is -3.84. The van der Waals surface area contributed by atoms with Gasteiger partial charge in [-0.05, 0) is 37.3 Å². The van der Waals surface area contributed by atoms with Crippen molar-refractivity contribution in [3.05, 3.63) is 71.8 Å². The van der Waals surface area contributed by atoms with Gasteiger partial charge in [-0.3, -0.25) is 9.52 Å². The van der Waals surface area contributed by atoms with Crippen LogP contribution in [0.1, 0.15) is 12.5 Å². The van der Waals surface area contributed by atoms with Gasteiger partial charge in [0.05, 0.1) is 10.6 Å². The number of carbonyl (C=O) groups excluding carboxylic acids is 2. The molecule has 29 heavy (non-hydrogen) atoms. The van der Waals surface area contributed by atoms with Gasteiger partial charge in [0.15, 0.2) is 0 Å². The molecule has 0 saturated carbocycles. The average Bonchev–Trinajstić information content (AvgIpc) is 2.95. The monoisotopic (exact) mass is 409 g/mol. The van der Waals surface area contributed by atoms with E-state index in [1.807, 2.05) is 0 Å². The number of sulfonamides is 1. The maximum absolute atomic E-state index is 12.6. The van der Waals surface area contributed by atoms with E-state index in [9.17, 15) is 23.3 Å². The molecule has 3 rings (SSSR count). The molecule has 9 heteroatoms.